The van der Waals surface area contributed by atoms with Crippen molar-refractivity contribution in [1.82, 2.24) is 9.62 Å². The molecular weight excluding hydrogens is 456 g/mol. The molecule has 0 aromatic heterocycles. The number of nitro groups is 1. The number of rotatable bonds is 10. The number of benzene rings is 2. The molecule has 0 radical (unpaired) electrons. The van der Waals surface area contributed by atoms with Crippen LogP contribution in [-0.2, 0) is 24.3 Å². The molecule has 2 rings (SSSR count). The number of anilines is 1. The Morgan fingerprint density at radius 1 is 1.09 bits per heavy atom. The quantitative estimate of drug-likeness (QED) is 0.291. The number of esters is 1. The fraction of sp³-hybridized carbons (Fsp3) is 0.250. The van der Waals surface area contributed by atoms with Crippen molar-refractivity contribution in [2.75, 3.05) is 32.6 Å². The molecule has 0 unspecified atom stereocenters. The average molecular weight is 478 g/mol. The van der Waals surface area contributed by atoms with E-state index < -0.39 is 39.3 Å². The molecule has 0 atom stereocenters. The minimum Gasteiger partial charge on any atom is -0.456 e. The van der Waals surface area contributed by atoms with Crippen LogP contribution in [-0.4, -0.2) is 62.7 Å². The van der Waals surface area contributed by atoms with Crippen molar-refractivity contribution >= 4 is 39.2 Å². The molecule has 0 spiro atoms. The molecule has 12 nitrogen and oxygen atoms in total. The standard InChI is InChI=1S/C20H22N4O8S/c1-23(2)33(30,31)17-5-3-4-15(12-17)22-18(25)13-32-19(26)10-11-21-20(27)14-6-8-16(9-7-14)24(28)29/h3-9,12H,10-11,13H2,1-2H3,(H,21,27)(H,22,25). The summed E-state index contributed by atoms with van der Waals surface area (Å²) in [5.41, 5.74) is 0.251. The second kappa shape index (κ2) is 11.2. The van der Waals surface area contributed by atoms with Gasteiger partial charge >= 0.3 is 5.97 Å². The first-order valence-corrected chi connectivity index (χ1v) is 11.0. The third-order valence-electron chi connectivity index (χ3n) is 4.22. The lowest BCUT2D eigenvalue weighted by molar-refractivity contribution is -0.384. The van der Waals surface area contributed by atoms with Gasteiger partial charge in [-0.15, -0.1) is 0 Å². The van der Waals surface area contributed by atoms with E-state index in [-0.39, 0.29) is 34.8 Å². The van der Waals surface area contributed by atoms with Gasteiger partial charge in [-0.25, -0.2) is 12.7 Å². The molecule has 2 N–H and O–H groups in total. The normalized spacial score (nSPS) is 11.0. The topological polar surface area (TPSA) is 165 Å². The largest absolute Gasteiger partial charge is 0.456 e. The summed E-state index contributed by atoms with van der Waals surface area (Å²) in [6, 6.07) is 10.6. The molecule has 0 saturated heterocycles. The van der Waals surface area contributed by atoms with Crippen LogP contribution in [0.1, 0.15) is 16.8 Å². The Labute approximate surface area is 189 Å². The zero-order valence-electron chi connectivity index (χ0n) is 17.8. The summed E-state index contributed by atoms with van der Waals surface area (Å²) in [5.74, 6) is -1.93. The first kappa shape index (κ1) is 25.4. The van der Waals surface area contributed by atoms with Gasteiger partial charge in [-0.05, 0) is 30.3 Å². The number of sulfonamides is 1. The van der Waals surface area contributed by atoms with Crippen molar-refractivity contribution in [3.05, 3.63) is 64.2 Å². The Morgan fingerprint density at radius 3 is 2.36 bits per heavy atom. The molecule has 33 heavy (non-hydrogen) atoms. The molecule has 176 valence electrons. The van der Waals surface area contributed by atoms with Crippen molar-refractivity contribution in [3.8, 4) is 0 Å². The fourth-order valence-electron chi connectivity index (χ4n) is 2.48. The van der Waals surface area contributed by atoms with Crippen molar-refractivity contribution in [3.63, 3.8) is 0 Å². The number of nitrogens with one attached hydrogen (secondary N) is 2. The van der Waals surface area contributed by atoms with Crippen LogP contribution in [0.3, 0.4) is 0 Å². The first-order valence-electron chi connectivity index (χ1n) is 9.51. The van der Waals surface area contributed by atoms with Gasteiger partial charge in [-0.1, -0.05) is 6.07 Å². The minimum atomic E-state index is -3.67. The summed E-state index contributed by atoms with van der Waals surface area (Å²) in [7, 11) is -0.905. The van der Waals surface area contributed by atoms with E-state index in [0.717, 1.165) is 4.31 Å². The number of amides is 2. The van der Waals surface area contributed by atoms with Crippen LogP contribution in [0.25, 0.3) is 0 Å². The molecule has 0 saturated carbocycles. The van der Waals surface area contributed by atoms with Crippen molar-refractivity contribution in [2.24, 2.45) is 0 Å². The summed E-state index contributed by atoms with van der Waals surface area (Å²) < 4.78 is 30.2. The maximum Gasteiger partial charge on any atom is 0.308 e. The van der Waals surface area contributed by atoms with Gasteiger partial charge in [0.15, 0.2) is 6.61 Å². The molecule has 2 aromatic rings. The van der Waals surface area contributed by atoms with E-state index in [4.69, 9.17) is 4.74 Å². The van der Waals surface area contributed by atoms with Crippen LogP contribution >= 0.6 is 0 Å². The zero-order chi connectivity index (χ0) is 24.6. The number of ether oxygens (including phenoxy) is 1. The second-order valence-electron chi connectivity index (χ2n) is 6.83. The number of non-ortho nitro benzene ring substituents is 1. The van der Waals surface area contributed by atoms with Gasteiger partial charge in [0.25, 0.3) is 17.5 Å². The van der Waals surface area contributed by atoms with Crippen molar-refractivity contribution in [2.45, 2.75) is 11.3 Å². The van der Waals surface area contributed by atoms with Crippen LogP contribution in [0, 0.1) is 10.1 Å². The van der Waals surface area contributed by atoms with E-state index in [2.05, 4.69) is 10.6 Å². The van der Waals surface area contributed by atoms with Gasteiger partial charge in [0.2, 0.25) is 10.0 Å². The smallest absolute Gasteiger partial charge is 0.308 e. The van der Waals surface area contributed by atoms with Gasteiger partial charge < -0.3 is 15.4 Å². The molecule has 0 fully saturated rings. The van der Waals surface area contributed by atoms with Gasteiger partial charge in [0, 0.05) is 44.0 Å². The van der Waals surface area contributed by atoms with Crippen LogP contribution in [0.5, 0.6) is 0 Å². The molecule has 2 aromatic carbocycles. The average Bonchev–Trinajstić information content (AvgIpc) is 2.77. The van der Waals surface area contributed by atoms with E-state index in [0.29, 0.717) is 0 Å². The molecule has 0 aliphatic carbocycles. The highest BCUT2D eigenvalue weighted by molar-refractivity contribution is 7.89. The van der Waals surface area contributed by atoms with E-state index in [9.17, 15) is 32.9 Å². The Hall–Kier alpha value is -3.84. The zero-order valence-corrected chi connectivity index (χ0v) is 18.6. The maximum atomic E-state index is 12.2. The molecule has 0 aliphatic rings. The number of carbonyl (C=O) groups excluding carboxylic acids is 3. The van der Waals surface area contributed by atoms with Gasteiger partial charge in [0.1, 0.15) is 0 Å². The van der Waals surface area contributed by atoms with Gasteiger partial charge in [-0.2, -0.15) is 0 Å². The summed E-state index contributed by atoms with van der Waals surface area (Å²) in [4.78, 5) is 45.8. The predicted octanol–water partition coefficient (Wildman–Crippen LogP) is 1.15. The third-order valence-corrected chi connectivity index (χ3v) is 6.03. The van der Waals surface area contributed by atoms with Gasteiger partial charge in [0.05, 0.1) is 16.2 Å². The Kier molecular flexibility index (Phi) is 8.59. The highest BCUT2D eigenvalue weighted by Gasteiger charge is 2.18. The SMILES string of the molecule is CN(C)S(=O)(=O)c1cccc(NC(=O)COC(=O)CCNC(=O)c2ccc([N+](=O)[O-])cc2)c1. The number of hydrogen-bond acceptors (Lipinski definition) is 8. The number of nitrogens with zero attached hydrogens (tertiary/aromatic N) is 2. The highest BCUT2D eigenvalue weighted by Crippen LogP contribution is 2.18. The van der Waals surface area contributed by atoms with Crippen molar-refractivity contribution in [1.29, 1.82) is 0 Å². The summed E-state index contributed by atoms with van der Waals surface area (Å²) >= 11 is 0. The number of hydrogen-bond donors (Lipinski definition) is 2. The summed E-state index contributed by atoms with van der Waals surface area (Å²) in [6.45, 7) is -0.666. The van der Waals surface area contributed by atoms with Gasteiger partial charge in [-0.3, -0.25) is 24.5 Å². The van der Waals surface area contributed by atoms with Crippen LogP contribution in [0.2, 0.25) is 0 Å². The monoisotopic (exact) mass is 478 g/mol. The molecular formula is C20H22N4O8S. The first-order chi connectivity index (χ1) is 15.5. The minimum absolute atomic E-state index is 0.00828. The molecule has 0 bridgehead atoms. The number of carbonyl (C=O) groups is 3. The second-order valence-corrected chi connectivity index (χ2v) is 8.99. The van der Waals surface area contributed by atoms with Crippen LogP contribution < -0.4 is 10.6 Å². The van der Waals surface area contributed by atoms with E-state index in [1.54, 1.807) is 0 Å². The predicted molar refractivity (Wildman–Crippen MR) is 117 cm³/mol. The lowest BCUT2D eigenvalue weighted by Crippen LogP contribution is -2.27. The fourth-order valence-corrected chi connectivity index (χ4v) is 3.42. The summed E-state index contributed by atoms with van der Waals surface area (Å²) in [6.07, 6.45) is -0.206. The molecule has 0 heterocycles. The van der Waals surface area contributed by atoms with Crippen molar-refractivity contribution < 1.29 is 32.5 Å². The van der Waals surface area contributed by atoms with Crippen LogP contribution in [0.4, 0.5) is 11.4 Å². The number of nitro benzene ring substituents is 1. The molecule has 2 amide bonds. The van der Waals surface area contributed by atoms with E-state index in [1.807, 2.05) is 0 Å². The Bertz CT molecular complexity index is 1150. The van der Waals surface area contributed by atoms with Crippen LogP contribution in [0.15, 0.2) is 53.4 Å². The Morgan fingerprint density at radius 2 is 1.76 bits per heavy atom. The Balaban J connectivity index is 1.77. The third kappa shape index (κ3) is 7.36. The maximum absolute atomic E-state index is 12.2. The molecule has 13 heteroatoms. The van der Waals surface area contributed by atoms with E-state index >= 15 is 0 Å². The molecule has 0 aliphatic heterocycles. The highest BCUT2D eigenvalue weighted by atomic mass is 32.2. The lowest BCUT2D eigenvalue weighted by Gasteiger charge is -2.12. The van der Waals surface area contributed by atoms with E-state index in [1.165, 1.54) is 62.6 Å². The lowest BCUT2D eigenvalue weighted by atomic mass is 10.2. The summed E-state index contributed by atoms with van der Waals surface area (Å²) in [5, 5.41) is 15.5.